The summed E-state index contributed by atoms with van der Waals surface area (Å²) in [5, 5.41) is 18.0. The molecule has 0 spiro atoms. The first-order valence-corrected chi connectivity index (χ1v) is 10.2. The van der Waals surface area contributed by atoms with Crippen molar-refractivity contribution in [2.75, 3.05) is 0 Å². The Kier molecular flexibility index (Phi) is 5.77. The highest BCUT2D eigenvalue weighted by molar-refractivity contribution is 7.91. The van der Waals surface area contributed by atoms with E-state index in [9.17, 15) is 31.5 Å². The van der Waals surface area contributed by atoms with Crippen LogP contribution in [0.2, 0.25) is 0 Å². The van der Waals surface area contributed by atoms with Crippen LogP contribution in [-0.2, 0) is 27.0 Å². The van der Waals surface area contributed by atoms with E-state index in [2.05, 4.69) is 10.3 Å². The summed E-state index contributed by atoms with van der Waals surface area (Å²) < 4.78 is 62.2. The number of rotatable bonds is 6. The number of amides is 1. The van der Waals surface area contributed by atoms with Crippen molar-refractivity contribution in [3.05, 3.63) is 33.1 Å². The van der Waals surface area contributed by atoms with Crippen molar-refractivity contribution in [2.24, 2.45) is 5.14 Å². The van der Waals surface area contributed by atoms with Crippen molar-refractivity contribution < 1.29 is 31.5 Å². The third-order valence-corrected chi connectivity index (χ3v) is 6.87. The van der Waals surface area contributed by atoms with Gasteiger partial charge in [0.15, 0.2) is 0 Å². The van der Waals surface area contributed by atoms with Gasteiger partial charge in [0.25, 0.3) is 0 Å². The summed E-state index contributed by atoms with van der Waals surface area (Å²) in [6.45, 7) is 1.26. The van der Waals surface area contributed by atoms with Gasteiger partial charge in [-0.15, -0.1) is 22.7 Å². The van der Waals surface area contributed by atoms with E-state index in [-0.39, 0.29) is 10.8 Å². The SMILES string of the molecule is Cc1csc(C(O)(CC(=O)NCc2ccc(S(N)(=O)=O)s2)C(F)(F)F)n1. The summed E-state index contributed by atoms with van der Waals surface area (Å²) >= 11 is 1.39. The third-order valence-electron chi connectivity index (χ3n) is 3.24. The smallest absolute Gasteiger partial charge is 0.374 e. The maximum Gasteiger partial charge on any atom is 0.424 e. The molecule has 144 valence electrons. The number of sulfonamides is 1. The molecular formula is C13H14F3N3O4S3. The summed E-state index contributed by atoms with van der Waals surface area (Å²) in [4.78, 5) is 15.9. The molecule has 7 nitrogen and oxygen atoms in total. The van der Waals surface area contributed by atoms with Gasteiger partial charge in [0.1, 0.15) is 9.22 Å². The summed E-state index contributed by atoms with van der Waals surface area (Å²) in [7, 11) is -3.89. The predicted octanol–water partition coefficient (Wildman–Crippen LogP) is 1.62. The van der Waals surface area contributed by atoms with Crippen LogP contribution in [0, 0.1) is 6.92 Å². The zero-order valence-electron chi connectivity index (χ0n) is 13.2. The molecule has 4 N–H and O–H groups in total. The van der Waals surface area contributed by atoms with Crippen LogP contribution in [0.4, 0.5) is 13.2 Å². The van der Waals surface area contributed by atoms with E-state index in [1.54, 1.807) is 0 Å². The number of hydrogen-bond acceptors (Lipinski definition) is 7. The van der Waals surface area contributed by atoms with Crippen molar-refractivity contribution in [3.63, 3.8) is 0 Å². The van der Waals surface area contributed by atoms with Crippen molar-refractivity contribution in [3.8, 4) is 0 Å². The van der Waals surface area contributed by atoms with Gasteiger partial charge < -0.3 is 10.4 Å². The summed E-state index contributed by atoms with van der Waals surface area (Å²) in [5.74, 6) is -1.07. The number of alkyl halides is 3. The molecule has 1 amide bonds. The van der Waals surface area contributed by atoms with Gasteiger partial charge >= 0.3 is 6.18 Å². The number of carbonyl (C=O) groups excluding carboxylic acids is 1. The molecule has 0 aliphatic carbocycles. The van der Waals surface area contributed by atoms with Gasteiger partial charge in [0.05, 0.1) is 13.0 Å². The topological polar surface area (TPSA) is 122 Å². The van der Waals surface area contributed by atoms with Gasteiger partial charge in [-0.25, -0.2) is 18.5 Å². The van der Waals surface area contributed by atoms with Crippen molar-refractivity contribution in [1.29, 1.82) is 0 Å². The van der Waals surface area contributed by atoms with E-state index < -0.39 is 39.1 Å². The lowest BCUT2D eigenvalue weighted by Gasteiger charge is -2.27. The van der Waals surface area contributed by atoms with Gasteiger partial charge in [0, 0.05) is 16.0 Å². The van der Waals surface area contributed by atoms with Gasteiger partial charge in [-0.3, -0.25) is 4.79 Å². The normalized spacial score (nSPS) is 14.8. The maximum atomic E-state index is 13.3. The Morgan fingerprint density at radius 2 is 2.04 bits per heavy atom. The highest BCUT2D eigenvalue weighted by Crippen LogP contribution is 2.42. The zero-order chi connectivity index (χ0) is 19.8. The summed E-state index contributed by atoms with van der Waals surface area (Å²) in [6.07, 6.45) is -6.37. The van der Waals surface area contributed by atoms with Crippen LogP contribution in [0.15, 0.2) is 21.7 Å². The molecule has 0 saturated carbocycles. The van der Waals surface area contributed by atoms with Crippen LogP contribution in [0.1, 0.15) is 22.0 Å². The monoisotopic (exact) mass is 429 g/mol. The molecule has 0 radical (unpaired) electrons. The molecule has 2 rings (SSSR count). The van der Waals surface area contributed by atoms with E-state index in [1.807, 2.05) is 0 Å². The van der Waals surface area contributed by atoms with Crippen molar-refractivity contribution >= 4 is 38.6 Å². The number of aryl methyl sites for hydroxylation is 1. The number of thiophene rings is 1. The number of primary sulfonamides is 1. The Morgan fingerprint density at radius 3 is 2.50 bits per heavy atom. The molecule has 0 aliphatic rings. The third kappa shape index (κ3) is 4.59. The van der Waals surface area contributed by atoms with Crippen LogP contribution < -0.4 is 10.5 Å². The highest BCUT2D eigenvalue weighted by Gasteiger charge is 2.58. The lowest BCUT2D eigenvalue weighted by molar-refractivity contribution is -0.267. The summed E-state index contributed by atoms with van der Waals surface area (Å²) in [6, 6.07) is 2.61. The molecule has 0 fully saturated rings. The average molecular weight is 429 g/mol. The number of nitrogens with one attached hydrogen (secondary N) is 1. The fourth-order valence-electron chi connectivity index (χ4n) is 1.93. The number of carbonyl (C=O) groups is 1. The second-order valence-corrected chi connectivity index (χ2v) is 9.19. The summed E-state index contributed by atoms with van der Waals surface area (Å²) in [5.41, 5.74) is -3.11. The predicted molar refractivity (Wildman–Crippen MR) is 89.0 cm³/mol. The Balaban J connectivity index is 2.10. The van der Waals surface area contributed by atoms with Crippen molar-refractivity contribution in [1.82, 2.24) is 10.3 Å². The van der Waals surface area contributed by atoms with E-state index in [1.165, 1.54) is 24.4 Å². The number of thiazole rings is 1. The van der Waals surface area contributed by atoms with Gasteiger partial charge in [-0.05, 0) is 19.1 Å². The molecule has 13 heteroatoms. The number of nitrogens with two attached hydrogens (primary N) is 1. The molecule has 0 aliphatic heterocycles. The van der Waals surface area contributed by atoms with E-state index in [0.29, 0.717) is 21.9 Å². The van der Waals surface area contributed by atoms with Crippen LogP contribution in [0.25, 0.3) is 0 Å². The van der Waals surface area contributed by atoms with Gasteiger partial charge in [-0.2, -0.15) is 13.2 Å². The first kappa shape index (κ1) is 20.8. The van der Waals surface area contributed by atoms with E-state index >= 15 is 0 Å². The first-order valence-electron chi connectivity index (χ1n) is 6.93. The van der Waals surface area contributed by atoms with Gasteiger partial charge in [0.2, 0.25) is 21.5 Å². The Morgan fingerprint density at radius 1 is 1.38 bits per heavy atom. The number of halogens is 3. The molecule has 0 bridgehead atoms. The van der Waals surface area contributed by atoms with Crippen LogP contribution >= 0.6 is 22.7 Å². The van der Waals surface area contributed by atoms with E-state index in [0.717, 1.165) is 11.3 Å². The molecule has 1 atom stereocenters. The van der Waals surface area contributed by atoms with Gasteiger partial charge in [-0.1, -0.05) is 0 Å². The lowest BCUT2D eigenvalue weighted by atomic mass is 9.99. The Labute approximate surface area is 154 Å². The Bertz CT molecular complexity index is 907. The molecular weight excluding hydrogens is 415 g/mol. The Hall–Kier alpha value is -1.54. The molecule has 2 heterocycles. The van der Waals surface area contributed by atoms with Crippen LogP contribution in [-0.4, -0.2) is 30.6 Å². The first-order chi connectivity index (χ1) is 11.8. The largest absolute Gasteiger partial charge is 0.424 e. The number of hydrogen-bond donors (Lipinski definition) is 3. The van der Waals surface area contributed by atoms with Crippen molar-refractivity contribution in [2.45, 2.75) is 35.9 Å². The minimum atomic E-state index is -5.10. The molecule has 0 saturated heterocycles. The zero-order valence-corrected chi connectivity index (χ0v) is 15.7. The second kappa shape index (κ2) is 7.23. The minimum Gasteiger partial charge on any atom is -0.374 e. The van der Waals surface area contributed by atoms with Crippen LogP contribution in [0.3, 0.4) is 0 Å². The van der Waals surface area contributed by atoms with E-state index in [4.69, 9.17) is 5.14 Å². The minimum absolute atomic E-state index is 0.133. The molecule has 0 aromatic carbocycles. The number of aromatic nitrogens is 1. The number of nitrogens with zero attached hydrogens (tertiary/aromatic N) is 1. The molecule has 2 aromatic heterocycles. The standard InChI is InChI=1S/C13H14F3N3O4S3/c1-7-6-24-11(19-7)12(21,13(14,15)16)4-9(20)18-5-8-2-3-10(25-8)26(17,22)23/h2-3,6,21H,4-5H2,1H3,(H,18,20)(H2,17,22,23). The second-order valence-electron chi connectivity index (χ2n) is 5.37. The lowest BCUT2D eigenvalue weighted by Crippen LogP contribution is -2.46. The fourth-order valence-corrected chi connectivity index (χ4v) is 4.56. The fraction of sp³-hybridized carbons (Fsp3) is 0.385. The quantitative estimate of drug-likeness (QED) is 0.644. The molecule has 2 aromatic rings. The van der Waals surface area contributed by atoms with Crippen LogP contribution in [0.5, 0.6) is 0 Å². The average Bonchev–Trinajstić information content (AvgIpc) is 3.12. The number of aliphatic hydroxyl groups is 1. The highest BCUT2D eigenvalue weighted by atomic mass is 32.2. The molecule has 26 heavy (non-hydrogen) atoms. The maximum absolute atomic E-state index is 13.3. The molecule has 1 unspecified atom stereocenters.